The van der Waals surface area contributed by atoms with Crippen molar-refractivity contribution < 1.29 is 19.0 Å². The number of hydrogen-bond donors (Lipinski definition) is 2. The first-order valence-electron chi connectivity index (χ1n) is 13.0. The molecular formula is C33H36N2O4. The maximum absolute atomic E-state index is 13.0. The van der Waals surface area contributed by atoms with E-state index in [2.05, 4.69) is 73.0 Å². The number of aryl methyl sites for hydroxylation is 2. The van der Waals surface area contributed by atoms with Gasteiger partial charge in [0.1, 0.15) is 17.2 Å². The highest BCUT2D eigenvalue weighted by atomic mass is 16.5. The quantitative estimate of drug-likeness (QED) is 0.255. The minimum Gasteiger partial charge on any atom is -0.497 e. The van der Waals surface area contributed by atoms with Crippen molar-refractivity contribution in [2.75, 3.05) is 27.9 Å². The Morgan fingerprint density at radius 2 is 1.21 bits per heavy atom. The number of nitrogens with one attached hydrogen (secondary N) is 2. The molecule has 202 valence electrons. The van der Waals surface area contributed by atoms with E-state index in [9.17, 15) is 4.79 Å². The van der Waals surface area contributed by atoms with Gasteiger partial charge in [-0.25, -0.2) is 0 Å². The zero-order chi connectivity index (χ0) is 27.8. The lowest BCUT2D eigenvalue weighted by Crippen LogP contribution is -2.33. The Bertz CT molecular complexity index is 1320. The smallest absolute Gasteiger partial charge is 0.258 e. The largest absolute Gasteiger partial charge is 0.497 e. The van der Waals surface area contributed by atoms with Gasteiger partial charge in [0, 0.05) is 11.6 Å². The molecule has 0 aromatic heterocycles. The summed E-state index contributed by atoms with van der Waals surface area (Å²) in [7, 11) is 5.19. The van der Waals surface area contributed by atoms with Crippen molar-refractivity contribution in [2.24, 2.45) is 0 Å². The Labute approximate surface area is 230 Å². The van der Waals surface area contributed by atoms with Gasteiger partial charge in [0.05, 0.1) is 26.3 Å². The fraction of sp³-hybridized carbons (Fsp3) is 0.242. The Kier molecular flexibility index (Phi) is 9.23. The lowest BCUT2D eigenvalue weighted by Gasteiger charge is -2.21. The van der Waals surface area contributed by atoms with Crippen LogP contribution in [0, 0.1) is 13.8 Å². The average molecular weight is 525 g/mol. The van der Waals surface area contributed by atoms with Crippen LogP contribution < -0.4 is 24.8 Å². The van der Waals surface area contributed by atoms with Crippen LogP contribution in [-0.4, -0.2) is 33.8 Å². The van der Waals surface area contributed by atoms with E-state index in [0.29, 0.717) is 5.75 Å². The number of carbonyl (C=O) groups is 1. The summed E-state index contributed by atoms with van der Waals surface area (Å²) in [4.78, 5) is 13.0. The molecule has 6 heteroatoms. The second-order valence-corrected chi connectivity index (χ2v) is 9.51. The normalized spacial score (nSPS) is 11.6. The molecule has 0 radical (unpaired) electrons. The second-order valence-electron chi connectivity index (χ2n) is 9.51. The van der Waals surface area contributed by atoms with Crippen LogP contribution in [-0.2, 0) is 4.79 Å². The van der Waals surface area contributed by atoms with E-state index in [4.69, 9.17) is 14.2 Å². The molecule has 4 aromatic carbocycles. The molecule has 0 saturated heterocycles. The Balaban J connectivity index is 1.44. The molecule has 0 heterocycles. The molecule has 39 heavy (non-hydrogen) atoms. The summed E-state index contributed by atoms with van der Waals surface area (Å²) in [5.74, 6) is 1.90. The first-order valence-corrected chi connectivity index (χ1v) is 13.0. The molecule has 1 unspecified atom stereocenters. The molecule has 4 aromatic rings. The van der Waals surface area contributed by atoms with Gasteiger partial charge in [-0.15, -0.1) is 0 Å². The topological polar surface area (TPSA) is 68.8 Å². The fourth-order valence-electron chi connectivity index (χ4n) is 4.54. The SMILES string of the molecule is CNC(c1ccc(OCC(=O)NC(c2ccc(C)cc2)c2ccc(C)cc2)cc1)c1ccc(OC)cc1OC. The van der Waals surface area contributed by atoms with Crippen LogP contribution in [0.5, 0.6) is 17.2 Å². The van der Waals surface area contributed by atoms with Gasteiger partial charge in [0.15, 0.2) is 6.61 Å². The van der Waals surface area contributed by atoms with Crippen molar-refractivity contribution in [3.8, 4) is 17.2 Å². The molecule has 0 aliphatic rings. The molecule has 0 spiro atoms. The Hall–Kier alpha value is -4.29. The van der Waals surface area contributed by atoms with Gasteiger partial charge in [-0.05, 0) is 61.9 Å². The van der Waals surface area contributed by atoms with Crippen LogP contribution in [0.3, 0.4) is 0 Å². The van der Waals surface area contributed by atoms with E-state index in [-0.39, 0.29) is 24.6 Å². The lowest BCUT2D eigenvalue weighted by molar-refractivity contribution is -0.123. The van der Waals surface area contributed by atoms with Gasteiger partial charge in [-0.3, -0.25) is 4.79 Å². The molecule has 1 amide bonds. The minimum atomic E-state index is -0.263. The predicted octanol–water partition coefficient (Wildman–Crippen LogP) is 5.91. The predicted molar refractivity (Wildman–Crippen MR) is 155 cm³/mol. The molecule has 4 rings (SSSR count). The summed E-state index contributed by atoms with van der Waals surface area (Å²) in [6.45, 7) is 4.01. The second kappa shape index (κ2) is 13.0. The van der Waals surface area contributed by atoms with Gasteiger partial charge >= 0.3 is 0 Å². The van der Waals surface area contributed by atoms with E-state index in [1.165, 1.54) is 11.1 Å². The highest BCUT2D eigenvalue weighted by Gasteiger charge is 2.19. The third-order valence-electron chi connectivity index (χ3n) is 6.75. The van der Waals surface area contributed by atoms with E-state index in [1.54, 1.807) is 14.2 Å². The molecule has 1 atom stereocenters. The lowest BCUT2D eigenvalue weighted by atomic mass is 9.97. The van der Waals surface area contributed by atoms with E-state index in [1.807, 2.05) is 49.5 Å². The molecule has 0 aliphatic heterocycles. The van der Waals surface area contributed by atoms with Crippen molar-refractivity contribution in [3.63, 3.8) is 0 Å². The fourth-order valence-corrected chi connectivity index (χ4v) is 4.54. The highest BCUT2D eigenvalue weighted by molar-refractivity contribution is 5.78. The van der Waals surface area contributed by atoms with Crippen molar-refractivity contribution in [1.29, 1.82) is 0 Å². The van der Waals surface area contributed by atoms with Crippen molar-refractivity contribution in [1.82, 2.24) is 10.6 Å². The first-order chi connectivity index (χ1) is 18.9. The number of hydrogen-bond acceptors (Lipinski definition) is 5. The van der Waals surface area contributed by atoms with Crippen LogP contribution in [0.1, 0.15) is 45.5 Å². The number of rotatable bonds is 11. The summed E-state index contributed by atoms with van der Waals surface area (Å²) in [6.07, 6.45) is 0. The van der Waals surface area contributed by atoms with Gasteiger partial charge in [-0.1, -0.05) is 71.8 Å². The monoisotopic (exact) mass is 524 g/mol. The first kappa shape index (κ1) is 27.7. The molecule has 0 fully saturated rings. The molecule has 0 bridgehead atoms. The van der Waals surface area contributed by atoms with Gasteiger partial charge in [0.25, 0.3) is 5.91 Å². The summed E-state index contributed by atoms with van der Waals surface area (Å²) >= 11 is 0. The summed E-state index contributed by atoms with van der Waals surface area (Å²) in [5.41, 5.74) is 6.42. The maximum Gasteiger partial charge on any atom is 0.258 e. The third kappa shape index (κ3) is 6.98. The van der Waals surface area contributed by atoms with Gasteiger partial charge < -0.3 is 24.8 Å². The number of carbonyl (C=O) groups excluding carboxylic acids is 1. The standard InChI is InChI=1S/C33H36N2O4/c1-22-6-10-24(11-7-22)32(25-12-8-23(2)9-13-25)35-31(36)21-39-27-16-14-26(15-17-27)33(34-3)29-19-18-28(37-4)20-30(29)38-5/h6-20,32-34H,21H2,1-5H3,(H,35,36). The van der Waals surface area contributed by atoms with Gasteiger partial charge in [0.2, 0.25) is 0 Å². The van der Waals surface area contributed by atoms with E-state index >= 15 is 0 Å². The van der Waals surface area contributed by atoms with Crippen molar-refractivity contribution in [3.05, 3.63) is 124 Å². The van der Waals surface area contributed by atoms with Crippen LogP contribution in [0.15, 0.2) is 91.0 Å². The third-order valence-corrected chi connectivity index (χ3v) is 6.75. The average Bonchev–Trinajstić information content (AvgIpc) is 2.97. The van der Waals surface area contributed by atoms with E-state index in [0.717, 1.165) is 33.8 Å². The van der Waals surface area contributed by atoms with Crippen LogP contribution in [0.2, 0.25) is 0 Å². The van der Waals surface area contributed by atoms with E-state index < -0.39 is 0 Å². The number of ether oxygens (including phenoxy) is 3. The van der Waals surface area contributed by atoms with Crippen LogP contribution in [0.4, 0.5) is 0 Å². The molecule has 0 aliphatic carbocycles. The zero-order valence-corrected chi connectivity index (χ0v) is 23.2. The van der Waals surface area contributed by atoms with Crippen molar-refractivity contribution >= 4 is 5.91 Å². The molecular weight excluding hydrogens is 488 g/mol. The number of benzene rings is 4. The van der Waals surface area contributed by atoms with Crippen LogP contribution in [0.25, 0.3) is 0 Å². The summed E-state index contributed by atoms with van der Waals surface area (Å²) in [6, 6.07) is 29.6. The van der Waals surface area contributed by atoms with Crippen LogP contribution >= 0.6 is 0 Å². The number of methoxy groups -OCH3 is 2. The maximum atomic E-state index is 13.0. The van der Waals surface area contributed by atoms with Gasteiger partial charge in [-0.2, -0.15) is 0 Å². The Morgan fingerprint density at radius 1 is 0.692 bits per heavy atom. The molecule has 0 saturated carbocycles. The summed E-state index contributed by atoms with van der Waals surface area (Å²) < 4.78 is 16.8. The van der Waals surface area contributed by atoms with Crippen molar-refractivity contribution in [2.45, 2.75) is 25.9 Å². The minimum absolute atomic E-state index is 0.0880. The Morgan fingerprint density at radius 3 is 1.72 bits per heavy atom. The highest BCUT2D eigenvalue weighted by Crippen LogP contribution is 2.33. The number of amides is 1. The zero-order valence-electron chi connectivity index (χ0n) is 23.2. The molecule has 2 N–H and O–H groups in total. The summed E-state index contributed by atoms with van der Waals surface area (Å²) in [5, 5.41) is 6.49. The molecule has 6 nitrogen and oxygen atoms in total.